The van der Waals surface area contributed by atoms with Crippen molar-refractivity contribution < 1.29 is 26.7 Å². The van der Waals surface area contributed by atoms with Crippen LogP contribution < -0.4 is 5.32 Å². The number of aromatic nitrogens is 2. The summed E-state index contributed by atoms with van der Waals surface area (Å²) in [6.07, 6.45) is -3.98. The number of hydrogen-bond acceptors (Lipinski definition) is 2. The van der Waals surface area contributed by atoms with Crippen LogP contribution in [0.4, 0.5) is 27.6 Å². The molecule has 0 radical (unpaired) electrons. The van der Waals surface area contributed by atoms with E-state index in [1.54, 1.807) is 0 Å². The number of fused-ring (bicyclic) bond motifs is 1. The zero-order valence-electron chi connectivity index (χ0n) is 13.0. The minimum absolute atomic E-state index is 0.0346. The van der Waals surface area contributed by atoms with E-state index in [9.17, 15) is 26.7 Å². The Bertz CT molecular complexity index is 1030. The van der Waals surface area contributed by atoms with Crippen molar-refractivity contribution in [3.8, 4) is 0 Å². The highest BCUT2D eigenvalue weighted by Crippen LogP contribution is 2.33. The molecule has 136 valence electrons. The number of halogens is 6. The summed E-state index contributed by atoms with van der Waals surface area (Å²) in [6.45, 7) is 1.41. The summed E-state index contributed by atoms with van der Waals surface area (Å²) in [4.78, 5) is 16.5. The van der Waals surface area contributed by atoms with Gasteiger partial charge in [-0.3, -0.25) is 9.20 Å². The van der Waals surface area contributed by atoms with Crippen LogP contribution in [0.5, 0.6) is 0 Å². The number of carbonyl (C=O) groups is 1. The number of nitrogens with one attached hydrogen (secondary N) is 1. The van der Waals surface area contributed by atoms with Gasteiger partial charge in [0.1, 0.15) is 5.69 Å². The third kappa shape index (κ3) is 3.22. The van der Waals surface area contributed by atoms with E-state index in [-0.39, 0.29) is 27.7 Å². The van der Waals surface area contributed by atoms with Crippen LogP contribution in [0.25, 0.3) is 5.65 Å². The maximum atomic E-state index is 13.3. The second-order valence-electron chi connectivity index (χ2n) is 5.40. The monoisotopic (exact) mass is 389 g/mol. The van der Waals surface area contributed by atoms with Gasteiger partial charge in [-0.15, -0.1) is 0 Å². The van der Waals surface area contributed by atoms with Crippen molar-refractivity contribution in [2.45, 2.75) is 13.1 Å². The second kappa shape index (κ2) is 6.24. The number of benzene rings is 1. The van der Waals surface area contributed by atoms with Crippen molar-refractivity contribution in [2.24, 2.45) is 0 Å². The van der Waals surface area contributed by atoms with Gasteiger partial charge in [-0.25, -0.2) is 13.8 Å². The van der Waals surface area contributed by atoms with Crippen LogP contribution in [0.3, 0.4) is 0 Å². The average molecular weight is 390 g/mol. The van der Waals surface area contributed by atoms with E-state index in [1.165, 1.54) is 6.92 Å². The minimum atomic E-state index is -4.68. The molecule has 0 saturated heterocycles. The van der Waals surface area contributed by atoms with Gasteiger partial charge in [0.2, 0.25) is 0 Å². The molecule has 0 aliphatic heterocycles. The number of imidazole rings is 1. The van der Waals surface area contributed by atoms with E-state index in [4.69, 9.17) is 11.6 Å². The number of rotatable bonds is 2. The molecule has 4 nitrogen and oxygen atoms in total. The van der Waals surface area contributed by atoms with Crippen molar-refractivity contribution in [3.63, 3.8) is 0 Å². The van der Waals surface area contributed by atoms with E-state index in [2.05, 4.69) is 10.3 Å². The van der Waals surface area contributed by atoms with E-state index in [0.29, 0.717) is 12.3 Å². The Morgan fingerprint density at radius 1 is 1.19 bits per heavy atom. The topological polar surface area (TPSA) is 46.4 Å². The summed E-state index contributed by atoms with van der Waals surface area (Å²) in [5.41, 5.74) is -1.26. The van der Waals surface area contributed by atoms with E-state index < -0.39 is 29.3 Å². The highest BCUT2D eigenvalue weighted by molar-refractivity contribution is 6.33. The molecular formula is C16H9ClF5N3O. The van der Waals surface area contributed by atoms with Crippen molar-refractivity contribution in [1.82, 2.24) is 9.38 Å². The number of anilines is 1. The number of pyridine rings is 1. The van der Waals surface area contributed by atoms with Crippen molar-refractivity contribution in [3.05, 3.63) is 64.1 Å². The summed E-state index contributed by atoms with van der Waals surface area (Å²) < 4.78 is 66.1. The fourth-order valence-electron chi connectivity index (χ4n) is 2.41. The Morgan fingerprint density at radius 3 is 2.50 bits per heavy atom. The highest BCUT2D eigenvalue weighted by Gasteiger charge is 2.33. The lowest BCUT2D eigenvalue weighted by molar-refractivity contribution is -0.137. The Morgan fingerprint density at radius 2 is 1.88 bits per heavy atom. The van der Waals surface area contributed by atoms with E-state index >= 15 is 0 Å². The maximum absolute atomic E-state index is 13.3. The standard InChI is InChI=1S/C16H9ClF5N3O/c1-7-13(15(26)24-9-2-3-11(18)12(19)5-9)25-6-8(16(20,21)22)4-10(17)14(25)23-7/h2-6H,1H3,(H,24,26). The van der Waals surface area contributed by atoms with Gasteiger partial charge in [-0.1, -0.05) is 11.6 Å². The molecule has 1 N–H and O–H groups in total. The van der Waals surface area contributed by atoms with Crippen LogP contribution in [-0.4, -0.2) is 15.3 Å². The molecule has 0 unspecified atom stereocenters. The van der Waals surface area contributed by atoms with Gasteiger partial charge in [-0.2, -0.15) is 13.2 Å². The summed E-state index contributed by atoms with van der Waals surface area (Å²) in [5, 5.41) is 2.01. The molecule has 0 atom stereocenters. The fourth-order valence-corrected chi connectivity index (χ4v) is 2.66. The molecule has 0 bridgehead atoms. The largest absolute Gasteiger partial charge is 0.417 e. The molecule has 0 aliphatic carbocycles. The smallest absolute Gasteiger partial charge is 0.321 e. The van der Waals surface area contributed by atoms with Gasteiger partial charge < -0.3 is 5.32 Å². The summed E-state index contributed by atoms with van der Waals surface area (Å²) >= 11 is 5.85. The Balaban J connectivity index is 2.08. The quantitative estimate of drug-likeness (QED) is 0.637. The molecule has 3 rings (SSSR count). The number of hydrogen-bond donors (Lipinski definition) is 1. The molecule has 2 heterocycles. The maximum Gasteiger partial charge on any atom is 0.417 e. The number of amides is 1. The van der Waals surface area contributed by atoms with Gasteiger partial charge in [-0.05, 0) is 25.1 Å². The summed E-state index contributed by atoms with van der Waals surface area (Å²) in [7, 11) is 0. The van der Waals surface area contributed by atoms with Crippen molar-refractivity contribution in [2.75, 3.05) is 5.32 Å². The normalized spacial score (nSPS) is 11.8. The van der Waals surface area contributed by atoms with E-state index in [1.807, 2.05) is 0 Å². The van der Waals surface area contributed by atoms with Gasteiger partial charge in [0.15, 0.2) is 17.3 Å². The number of carbonyl (C=O) groups excluding carboxylic acids is 1. The lowest BCUT2D eigenvalue weighted by Gasteiger charge is -2.10. The zero-order chi connectivity index (χ0) is 19.2. The molecule has 10 heteroatoms. The van der Waals surface area contributed by atoms with Crippen LogP contribution >= 0.6 is 11.6 Å². The van der Waals surface area contributed by atoms with Crippen LogP contribution in [0.15, 0.2) is 30.5 Å². The third-order valence-electron chi connectivity index (χ3n) is 3.57. The van der Waals surface area contributed by atoms with Crippen LogP contribution in [0.1, 0.15) is 21.7 Å². The van der Waals surface area contributed by atoms with Crippen LogP contribution in [0, 0.1) is 18.6 Å². The van der Waals surface area contributed by atoms with Crippen LogP contribution in [-0.2, 0) is 6.18 Å². The zero-order valence-corrected chi connectivity index (χ0v) is 13.7. The molecule has 0 spiro atoms. The molecule has 0 fully saturated rings. The first-order chi connectivity index (χ1) is 12.1. The van der Waals surface area contributed by atoms with Gasteiger partial charge >= 0.3 is 6.18 Å². The third-order valence-corrected chi connectivity index (χ3v) is 3.85. The summed E-state index contributed by atoms with van der Waals surface area (Å²) in [5.74, 6) is -3.13. The van der Waals surface area contributed by atoms with Crippen molar-refractivity contribution >= 4 is 28.8 Å². The van der Waals surface area contributed by atoms with Gasteiger partial charge in [0, 0.05) is 18.0 Å². The molecule has 26 heavy (non-hydrogen) atoms. The Hall–Kier alpha value is -2.68. The van der Waals surface area contributed by atoms with Crippen LogP contribution in [0.2, 0.25) is 5.02 Å². The fraction of sp³-hybridized carbons (Fsp3) is 0.125. The number of aryl methyl sites for hydroxylation is 1. The predicted molar refractivity (Wildman–Crippen MR) is 84.3 cm³/mol. The number of alkyl halides is 3. The lowest BCUT2D eigenvalue weighted by atomic mass is 10.2. The number of nitrogens with zero attached hydrogens (tertiary/aromatic N) is 2. The lowest BCUT2D eigenvalue weighted by Crippen LogP contribution is -2.16. The predicted octanol–water partition coefficient (Wildman–Crippen LogP) is 4.85. The van der Waals surface area contributed by atoms with Crippen molar-refractivity contribution in [1.29, 1.82) is 0 Å². The highest BCUT2D eigenvalue weighted by atomic mass is 35.5. The molecule has 1 aromatic carbocycles. The van der Waals surface area contributed by atoms with Gasteiger partial charge in [0.25, 0.3) is 5.91 Å². The molecule has 0 aliphatic rings. The average Bonchev–Trinajstić information content (AvgIpc) is 2.87. The molecule has 2 aromatic heterocycles. The Labute approximate surface area is 148 Å². The first-order valence-corrected chi connectivity index (χ1v) is 7.47. The first-order valence-electron chi connectivity index (χ1n) is 7.09. The second-order valence-corrected chi connectivity index (χ2v) is 5.80. The van der Waals surface area contributed by atoms with E-state index in [0.717, 1.165) is 22.6 Å². The SMILES string of the molecule is Cc1nc2c(Cl)cc(C(F)(F)F)cn2c1C(=O)Nc1ccc(F)c(F)c1. The van der Waals surface area contributed by atoms with Gasteiger partial charge in [0.05, 0.1) is 16.3 Å². The summed E-state index contributed by atoms with van der Waals surface area (Å²) in [6, 6.07) is 3.38. The molecule has 0 saturated carbocycles. The first kappa shape index (κ1) is 18.1. The Kier molecular flexibility index (Phi) is 4.35. The molecular weight excluding hydrogens is 381 g/mol. The minimum Gasteiger partial charge on any atom is -0.321 e. The molecule has 1 amide bonds. The molecule has 3 aromatic rings.